The maximum Gasteiger partial charge on any atom is 0.290 e. The zero-order chi connectivity index (χ0) is 20.1. The molecule has 8 nitrogen and oxygen atoms in total. The molecule has 0 aliphatic carbocycles. The number of hydrogen-bond acceptors (Lipinski definition) is 7. The van der Waals surface area contributed by atoms with Crippen LogP contribution in [-0.4, -0.2) is 24.5 Å². The van der Waals surface area contributed by atoms with E-state index in [0.29, 0.717) is 27.9 Å². The van der Waals surface area contributed by atoms with Gasteiger partial charge in [-0.3, -0.25) is 19.9 Å². The first-order valence-corrected chi connectivity index (χ1v) is 10.4. The van der Waals surface area contributed by atoms with E-state index in [9.17, 15) is 18.0 Å². The minimum absolute atomic E-state index is 0.111. The van der Waals surface area contributed by atoms with Crippen LogP contribution >= 0.6 is 23.4 Å². The second-order valence-electron chi connectivity index (χ2n) is 5.79. The van der Waals surface area contributed by atoms with Gasteiger partial charge in [0.1, 0.15) is 11.3 Å². The first-order chi connectivity index (χ1) is 13.2. The SMILES string of the molecule is NS(=O)(=O)c1ccc(-c2cncc3cc(/C=C4/SC(=O)NC4=O)oc23)c(Cl)c1. The van der Waals surface area contributed by atoms with Crippen molar-refractivity contribution in [3.63, 3.8) is 0 Å². The highest BCUT2D eigenvalue weighted by Crippen LogP contribution is 2.36. The summed E-state index contributed by atoms with van der Waals surface area (Å²) in [6.07, 6.45) is 4.56. The van der Waals surface area contributed by atoms with Crippen molar-refractivity contribution in [3.05, 3.63) is 52.3 Å². The Hall–Kier alpha value is -2.66. The highest BCUT2D eigenvalue weighted by molar-refractivity contribution is 8.18. The van der Waals surface area contributed by atoms with Gasteiger partial charge in [-0.2, -0.15) is 0 Å². The van der Waals surface area contributed by atoms with E-state index < -0.39 is 21.2 Å². The van der Waals surface area contributed by atoms with Crippen molar-refractivity contribution in [2.24, 2.45) is 5.14 Å². The fourth-order valence-corrected chi connectivity index (χ4v) is 4.24. The predicted octanol–water partition coefficient (Wildman–Crippen LogP) is 3.12. The van der Waals surface area contributed by atoms with Crippen LogP contribution in [0.4, 0.5) is 4.79 Å². The van der Waals surface area contributed by atoms with Crippen LogP contribution in [-0.2, 0) is 14.8 Å². The molecule has 1 aliphatic rings. The van der Waals surface area contributed by atoms with Crippen LogP contribution in [0, 0.1) is 0 Å². The average Bonchev–Trinajstić information content (AvgIpc) is 3.16. The van der Waals surface area contributed by atoms with Crippen LogP contribution in [0.15, 0.2) is 50.9 Å². The number of fused-ring (bicyclic) bond motifs is 1. The lowest BCUT2D eigenvalue weighted by atomic mass is 10.1. The molecule has 3 heterocycles. The van der Waals surface area contributed by atoms with E-state index in [4.69, 9.17) is 21.2 Å². The van der Waals surface area contributed by atoms with Gasteiger partial charge in [0.2, 0.25) is 10.0 Å². The number of rotatable bonds is 3. The number of carbonyl (C=O) groups excluding carboxylic acids is 2. The van der Waals surface area contributed by atoms with Gasteiger partial charge in [0.25, 0.3) is 11.1 Å². The van der Waals surface area contributed by atoms with Gasteiger partial charge in [0.05, 0.1) is 9.80 Å². The molecule has 4 rings (SSSR count). The standard InChI is InChI=1S/C17H10ClN3O5S2/c18-13-5-10(28(19,24)25)1-2-11(13)12-7-20-6-8-3-9(26-15(8)12)4-14-16(22)21-17(23)27-14/h1-7H,(H2,19,24,25)(H,21,22,23)/b14-4+. The van der Waals surface area contributed by atoms with E-state index in [-0.39, 0.29) is 14.8 Å². The molecule has 0 atom stereocenters. The first kappa shape index (κ1) is 18.7. The molecular formula is C17H10ClN3O5S2. The number of sulfonamides is 1. The molecule has 0 saturated carbocycles. The van der Waals surface area contributed by atoms with Gasteiger partial charge in [0, 0.05) is 40.0 Å². The molecule has 3 aromatic rings. The average molecular weight is 436 g/mol. The zero-order valence-electron chi connectivity index (χ0n) is 13.8. The van der Waals surface area contributed by atoms with E-state index in [2.05, 4.69) is 10.3 Å². The number of pyridine rings is 1. The fraction of sp³-hybridized carbons (Fsp3) is 0. The summed E-state index contributed by atoms with van der Waals surface area (Å²) in [7, 11) is -3.88. The molecule has 2 amide bonds. The molecule has 1 aliphatic heterocycles. The number of benzene rings is 1. The molecule has 0 spiro atoms. The van der Waals surface area contributed by atoms with Crippen LogP contribution in [0.3, 0.4) is 0 Å². The van der Waals surface area contributed by atoms with Crippen LogP contribution in [0.2, 0.25) is 5.02 Å². The summed E-state index contributed by atoms with van der Waals surface area (Å²) in [5, 5.41) is 7.65. The van der Waals surface area contributed by atoms with Gasteiger partial charge < -0.3 is 4.42 Å². The second kappa shape index (κ2) is 6.74. The number of amides is 2. The van der Waals surface area contributed by atoms with Gasteiger partial charge in [-0.25, -0.2) is 13.6 Å². The number of nitrogens with one attached hydrogen (secondary N) is 1. The fourth-order valence-electron chi connectivity index (χ4n) is 2.69. The summed E-state index contributed by atoms with van der Waals surface area (Å²) in [6.45, 7) is 0. The van der Waals surface area contributed by atoms with Crippen molar-refractivity contribution in [2.75, 3.05) is 0 Å². The number of nitrogens with zero attached hydrogens (tertiary/aromatic N) is 1. The highest BCUT2D eigenvalue weighted by atomic mass is 35.5. The Morgan fingerprint density at radius 2 is 1.96 bits per heavy atom. The largest absolute Gasteiger partial charge is 0.456 e. The molecule has 1 fully saturated rings. The van der Waals surface area contributed by atoms with Crippen molar-refractivity contribution in [3.8, 4) is 11.1 Å². The lowest BCUT2D eigenvalue weighted by Gasteiger charge is -2.06. The van der Waals surface area contributed by atoms with E-state index in [1.165, 1.54) is 30.5 Å². The van der Waals surface area contributed by atoms with Gasteiger partial charge >= 0.3 is 0 Å². The third-order valence-electron chi connectivity index (χ3n) is 3.92. The lowest BCUT2D eigenvalue weighted by Crippen LogP contribution is -2.17. The van der Waals surface area contributed by atoms with E-state index in [1.807, 2.05) is 0 Å². The number of furan rings is 1. The number of imide groups is 1. The van der Waals surface area contributed by atoms with Gasteiger partial charge in [-0.1, -0.05) is 17.7 Å². The maximum atomic E-state index is 11.7. The first-order valence-electron chi connectivity index (χ1n) is 7.67. The van der Waals surface area contributed by atoms with Crippen LogP contribution in [0.25, 0.3) is 28.2 Å². The van der Waals surface area contributed by atoms with Crippen molar-refractivity contribution >= 4 is 61.6 Å². The molecule has 1 saturated heterocycles. The van der Waals surface area contributed by atoms with Gasteiger partial charge in [0.15, 0.2) is 0 Å². The second-order valence-corrected chi connectivity index (χ2v) is 8.78. The molecule has 0 radical (unpaired) electrons. The number of primary sulfonamides is 1. The number of hydrogen-bond donors (Lipinski definition) is 2. The Bertz CT molecular complexity index is 1300. The van der Waals surface area contributed by atoms with Crippen LogP contribution in [0.5, 0.6) is 0 Å². The number of nitrogens with two attached hydrogens (primary N) is 1. The van der Waals surface area contributed by atoms with Gasteiger partial charge in [-0.15, -0.1) is 0 Å². The van der Waals surface area contributed by atoms with Crippen LogP contribution in [0.1, 0.15) is 5.76 Å². The smallest absolute Gasteiger partial charge is 0.290 e. The molecule has 142 valence electrons. The van der Waals surface area contributed by atoms with Crippen molar-refractivity contribution < 1.29 is 22.4 Å². The van der Waals surface area contributed by atoms with Crippen molar-refractivity contribution in [2.45, 2.75) is 4.90 Å². The number of halogens is 1. The normalized spacial score (nSPS) is 16.1. The molecule has 2 aromatic heterocycles. The zero-order valence-corrected chi connectivity index (χ0v) is 16.2. The summed E-state index contributed by atoms with van der Waals surface area (Å²) in [6, 6.07) is 5.77. The van der Waals surface area contributed by atoms with E-state index >= 15 is 0 Å². The van der Waals surface area contributed by atoms with E-state index in [0.717, 1.165) is 11.8 Å². The number of carbonyl (C=O) groups is 2. The molecule has 0 unspecified atom stereocenters. The predicted molar refractivity (Wildman–Crippen MR) is 105 cm³/mol. The topological polar surface area (TPSA) is 132 Å². The molecule has 0 bridgehead atoms. The molecule has 28 heavy (non-hydrogen) atoms. The molecule has 11 heteroatoms. The number of aromatic nitrogens is 1. The minimum atomic E-state index is -3.88. The highest BCUT2D eigenvalue weighted by Gasteiger charge is 2.25. The number of thioether (sulfide) groups is 1. The summed E-state index contributed by atoms with van der Waals surface area (Å²) < 4.78 is 28.8. The Balaban J connectivity index is 1.81. The lowest BCUT2D eigenvalue weighted by molar-refractivity contribution is -0.115. The summed E-state index contributed by atoms with van der Waals surface area (Å²) in [5.41, 5.74) is 1.48. The summed E-state index contributed by atoms with van der Waals surface area (Å²) in [4.78, 5) is 27.2. The Kier molecular flexibility index (Phi) is 4.50. The summed E-state index contributed by atoms with van der Waals surface area (Å²) in [5.74, 6) is -0.135. The molecular weight excluding hydrogens is 426 g/mol. The summed E-state index contributed by atoms with van der Waals surface area (Å²) >= 11 is 7.04. The minimum Gasteiger partial charge on any atom is -0.456 e. The van der Waals surface area contributed by atoms with Crippen molar-refractivity contribution in [1.82, 2.24) is 10.3 Å². The van der Waals surface area contributed by atoms with Crippen LogP contribution < -0.4 is 10.5 Å². The van der Waals surface area contributed by atoms with E-state index in [1.54, 1.807) is 12.3 Å². The monoisotopic (exact) mass is 435 g/mol. The van der Waals surface area contributed by atoms with Gasteiger partial charge in [-0.05, 0) is 30.0 Å². The molecule has 1 aromatic carbocycles. The Morgan fingerprint density at radius 1 is 1.18 bits per heavy atom. The Morgan fingerprint density at radius 3 is 2.61 bits per heavy atom. The Labute approximate surface area is 167 Å². The quantitative estimate of drug-likeness (QED) is 0.604. The third kappa shape index (κ3) is 3.42. The van der Waals surface area contributed by atoms with Crippen molar-refractivity contribution in [1.29, 1.82) is 0 Å². The third-order valence-corrected chi connectivity index (χ3v) is 5.95. The molecule has 3 N–H and O–H groups in total. The maximum absolute atomic E-state index is 11.7.